The molecular formula is C14H10F3N3O3. The largest absolute Gasteiger partial charge is 0.450 e. The highest BCUT2D eigenvalue weighted by Gasteiger charge is 2.42. The second-order valence-corrected chi connectivity index (χ2v) is 4.65. The van der Waals surface area contributed by atoms with Crippen molar-refractivity contribution in [1.29, 1.82) is 0 Å². The van der Waals surface area contributed by atoms with Gasteiger partial charge < -0.3 is 4.74 Å². The maximum absolute atomic E-state index is 13.3. The van der Waals surface area contributed by atoms with Crippen LogP contribution in [-0.2, 0) is 11.0 Å². The third-order valence-corrected chi connectivity index (χ3v) is 3.12. The van der Waals surface area contributed by atoms with Gasteiger partial charge in [-0.2, -0.15) is 18.2 Å². The average Bonchev–Trinajstić information content (AvgIpc) is 2.60. The standard InChI is InChI=1S/C14H10F3N3O3/c1-7-18-11(14(15,16)17)10-12(19-7)20(22-2)13(21)8-5-3-4-6-9(8)23-10/h3-6H,1-2H3. The van der Waals surface area contributed by atoms with Gasteiger partial charge in [-0.3, -0.25) is 9.63 Å². The van der Waals surface area contributed by atoms with Crippen molar-refractivity contribution >= 4 is 11.7 Å². The van der Waals surface area contributed by atoms with E-state index in [1.807, 2.05) is 0 Å². The first-order chi connectivity index (χ1) is 10.8. The number of alkyl halides is 3. The number of fused-ring (bicyclic) bond motifs is 2. The van der Waals surface area contributed by atoms with Crippen molar-refractivity contribution in [3.05, 3.63) is 41.3 Å². The van der Waals surface area contributed by atoms with Crippen LogP contribution >= 0.6 is 0 Å². The molecule has 3 rings (SSSR count). The molecule has 0 fully saturated rings. The third kappa shape index (κ3) is 2.48. The Balaban J connectivity index is 2.33. The Morgan fingerprint density at radius 3 is 2.57 bits per heavy atom. The first-order valence-electron chi connectivity index (χ1n) is 6.44. The number of hydrogen-bond donors (Lipinski definition) is 0. The first-order valence-corrected chi connectivity index (χ1v) is 6.44. The molecule has 2 heterocycles. The van der Waals surface area contributed by atoms with E-state index in [-0.39, 0.29) is 17.1 Å². The summed E-state index contributed by atoms with van der Waals surface area (Å²) in [4.78, 5) is 24.7. The summed E-state index contributed by atoms with van der Waals surface area (Å²) in [5.74, 6) is -1.96. The summed E-state index contributed by atoms with van der Waals surface area (Å²) < 4.78 is 45.2. The zero-order valence-corrected chi connectivity index (χ0v) is 12.0. The number of carbonyl (C=O) groups excluding carboxylic acids is 1. The summed E-state index contributed by atoms with van der Waals surface area (Å²) in [5.41, 5.74) is -1.22. The average molecular weight is 325 g/mol. The van der Waals surface area contributed by atoms with Crippen molar-refractivity contribution in [1.82, 2.24) is 9.97 Å². The van der Waals surface area contributed by atoms with E-state index in [1.165, 1.54) is 25.1 Å². The van der Waals surface area contributed by atoms with Crippen LogP contribution in [0.1, 0.15) is 21.9 Å². The molecule has 6 nitrogen and oxygen atoms in total. The van der Waals surface area contributed by atoms with Gasteiger partial charge in [-0.1, -0.05) is 12.1 Å². The molecule has 120 valence electrons. The van der Waals surface area contributed by atoms with Gasteiger partial charge in [0.25, 0.3) is 5.91 Å². The highest BCUT2D eigenvalue weighted by atomic mass is 19.4. The Morgan fingerprint density at radius 2 is 1.91 bits per heavy atom. The number of rotatable bonds is 1. The molecule has 1 aliphatic rings. The molecule has 0 saturated heterocycles. The van der Waals surface area contributed by atoms with Crippen LogP contribution in [0, 0.1) is 6.92 Å². The Hall–Kier alpha value is -2.68. The molecule has 0 bridgehead atoms. The number of halogens is 3. The Labute approximate surface area is 128 Å². The smallest absolute Gasteiger partial charge is 0.437 e. The molecule has 0 aliphatic carbocycles. The van der Waals surface area contributed by atoms with Crippen molar-refractivity contribution in [3.8, 4) is 11.5 Å². The van der Waals surface area contributed by atoms with Crippen molar-refractivity contribution < 1.29 is 27.5 Å². The minimum atomic E-state index is -4.78. The van der Waals surface area contributed by atoms with Gasteiger partial charge in [-0.15, -0.1) is 0 Å². The van der Waals surface area contributed by atoms with Crippen LogP contribution in [0.2, 0.25) is 0 Å². The van der Waals surface area contributed by atoms with Crippen LogP contribution in [0.25, 0.3) is 0 Å². The summed E-state index contributed by atoms with van der Waals surface area (Å²) in [6.07, 6.45) is -4.78. The number of para-hydroxylation sites is 1. The summed E-state index contributed by atoms with van der Waals surface area (Å²) in [6.45, 7) is 1.28. The molecule has 0 atom stereocenters. The normalized spacial score (nSPS) is 14.0. The molecule has 0 unspecified atom stereocenters. The zero-order valence-electron chi connectivity index (χ0n) is 12.0. The number of hydroxylamine groups is 1. The van der Waals surface area contributed by atoms with E-state index in [4.69, 9.17) is 9.57 Å². The monoisotopic (exact) mass is 325 g/mol. The Bertz CT molecular complexity index is 793. The molecular weight excluding hydrogens is 315 g/mol. The molecule has 1 amide bonds. The molecule has 2 aromatic rings. The van der Waals surface area contributed by atoms with Gasteiger partial charge in [-0.05, 0) is 19.1 Å². The van der Waals surface area contributed by atoms with Crippen LogP contribution in [0.4, 0.5) is 19.0 Å². The van der Waals surface area contributed by atoms with Crippen LogP contribution in [0.15, 0.2) is 24.3 Å². The second-order valence-electron chi connectivity index (χ2n) is 4.65. The second kappa shape index (κ2) is 5.20. The number of aryl methyl sites for hydroxylation is 1. The number of nitrogens with zero attached hydrogens (tertiary/aromatic N) is 3. The van der Waals surface area contributed by atoms with E-state index >= 15 is 0 Å². The lowest BCUT2D eigenvalue weighted by Gasteiger charge is -2.19. The molecule has 1 aromatic heterocycles. The number of ether oxygens (including phenoxy) is 1. The Morgan fingerprint density at radius 1 is 1.22 bits per heavy atom. The molecule has 0 radical (unpaired) electrons. The highest BCUT2D eigenvalue weighted by molar-refractivity contribution is 6.07. The maximum atomic E-state index is 13.3. The van der Waals surface area contributed by atoms with Crippen LogP contribution in [-0.4, -0.2) is 23.0 Å². The van der Waals surface area contributed by atoms with Gasteiger partial charge in [0.15, 0.2) is 5.69 Å². The van der Waals surface area contributed by atoms with Gasteiger partial charge >= 0.3 is 6.18 Å². The predicted octanol–water partition coefficient (Wildman–Crippen LogP) is 3.12. The SMILES string of the molecule is CON1C(=O)c2ccccc2Oc2c1nc(C)nc2C(F)(F)F. The van der Waals surface area contributed by atoms with E-state index < -0.39 is 29.3 Å². The van der Waals surface area contributed by atoms with Gasteiger partial charge in [-0.25, -0.2) is 9.97 Å². The number of aromatic nitrogens is 2. The highest BCUT2D eigenvalue weighted by Crippen LogP contribution is 2.44. The quantitative estimate of drug-likeness (QED) is 0.806. The van der Waals surface area contributed by atoms with E-state index in [2.05, 4.69) is 9.97 Å². The molecule has 23 heavy (non-hydrogen) atoms. The number of amides is 1. The van der Waals surface area contributed by atoms with Gasteiger partial charge in [0.05, 0.1) is 12.7 Å². The first kappa shape index (κ1) is 15.2. The van der Waals surface area contributed by atoms with E-state index in [1.54, 1.807) is 6.07 Å². The lowest BCUT2D eigenvalue weighted by Crippen LogP contribution is -2.30. The van der Waals surface area contributed by atoms with Crippen LogP contribution in [0.3, 0.4) is 0 Å². The minimum absolute atomic E-state index is 0.0312. The topological polar surface area (TPSA) is 64.5 Å². The summed E-state index contributed by atoms with van der Waals surface area (Å²) in [5, 5.41) is 0.658. The fourth-order valence-corrected chi connectivity index (χ4v) is 2.19. The fraction of sp³-hybridized carbons (Fsp3) is 0.214. The molecule has 0 spiro atoms. The number of carbonyl (C=O) groups is 1. The van der Waals surface area contributed by atoms with Gasteiger partial charge in [0, 0.05) is 0 Å². The minimum Gasteiger partial charge on any atom is -0.450 e. The molecule has 0 saturated carbocycles. The van der Waals surface area contributed by atoms with Crippen molar-refractivity contribution in [3.63, 3.8) is 0 Å². The lowest BCUT2D eigenvalue weighted by atomic mass is 10.2. The molecule has 1 aliphatic heterocycles. The van der Waals surface area contributed by atoms with Crippen LogP contribution in [0.5, 0.6) is 11.5 Å². The molecule has 9 heteroatoms. The van der Waals surface area contributed by atoms with Gasteiger partial charge in [0.1, 0.15) is 11.6 Å². The van der Waals surface area contributed by atoms with E-state index in [9.17, 15) is 18.0 Å². The predicted molar refractivity (Wildman–Crippen MR) is 72.1 cm³/mol. The van der Waals surface area contributed by atoms with Crippen LogP contribution < -0.4 is 9.80 Å². The van der Waals surface area contributed by atoms with Crippen molar-refractivity contribution in [2.75, 3.05) is 12.2 Å². The number of benzene rings is 1. The van der Waals surface area contributed by atoms with Crippen molar-refractivity contribution in [2.24, 2.45) is 0 Å². The van der Waals surface area contributed by atoms with E-state index in [0.717, 1.165) is 7.11 Å². The summed E-state index contributed by atoms with van der Waals surface area (Å²) in [6, 6.07) is 5.90. The van der Waals surface area contributed by atoms with Crippen molar-refractivity contribution in [2.45, 2.75) is 13.1 Å². The number of hydrogen-bond acceptors (Lipinski definition) is 5. The summed E-state index contributed by atoms with van der Waals surface area (Å²) >= 11 is 0. The maximum Gasteiger partial charge on any atom is 0.437 e. The zero-order chi connectivity index (χ0) is 16.8. The van der Waals surface area contributed by atoms with E-state index in [0.29, 0.717) is 5.06 Å². The molecule has 1 aromatic carbocycles. The summed E-state index contributed by atoms with van der Waals surface area (Å²) in [7, 11) is 1.15. The fourth-order valence-electron chi connectivity index (χ4n) is 2.19. The third-order valence-electron chi connectivity index (χ3n) is 3.12. The van der Waals surface area contributed by atoms with Gasteiger partial charge in [0.2, 0.25) is 11.6 Å². The lowest BCUT2D eigenvalue weighted by molar-refractivity contribution is -0.142. The molecule has 0 N–H and O–H groups in total. The Kier molecular flexibility index (Phi) is 3.44. The number of anilines is 1.